The maximum atomic E-state index is 5.60. The zero-order chi connectivity index (χ0) is 9.56. The molecule has 2 heteroatoms. The van der Waals surface area contributed by atoms with Crippen LogP contribution in [0.3, 0.4) is 0 Å². The van der Waals surface area contributed by atoms with Gasteiger partial charge < -0.3 is 5.73 Å². The second-order valence-corrected chi connectivity index (χ2v) is 2.78. The fraction of sp³-hybridized carbons (Fsp3) is 0.500. The lowest BCUT2D eigenvalue weighted by Crippen LogP contribution is -2.13. The summed E-state index contributed by atoms with van der Waals surface area (Å²) in [4.78, 5) is 4.19. The molecule has 0 saturated carbocycles. The Balaban J connectivity index is 4.12. The zero-order valence-corrected chi connectivity index (χ0v) is 8.22. The second-order valence-electron chi connectivity index (χ2n) is 2.78. The zero-order valence-electron chi connectivity index (χ0n) is 8.22. The van der Waals surface area contributed by atoms with Crippen LogP contribution < -0.4 is 5.73 Å². The molecule has 0 unspecified atom stereocenters. The number of amidine groups is 1. The fourth-order valence-electron chi connectivity index (χ4n) is 0.729. The van der Waals surface area contributed by atoms with E-state index in [2.05, 4.69) is 24.6 Å². The minimum Gasteiger partial charge on any atom is -0.384 e. The van der Waals surface area contributed by atoms with Crippen LogP contribution in [0.1, 0.15) is 27.2 Å². The summed E-state index contributed by atoms with van der Waals surface area (Å²) >= 11 is 0. The SMILES string of the molecule is C=C(C)C(N)=NC/C(=C\C)CC. The Bertz CT molecular complexity index is 212. The van der Waals surface area contributed by atoms with E-state index in [0.29, 0.717) is 12.4 Å². The third-order valence-electron chi connectivity index (χ3n) is 1.75. The lowest BCUT2D eigenvalue weighted by molar-refractivity contribution is 0.999. The van der Waals surface area contributed by atoms with Gasteiger partial charge in [-0.1, -0.05) is 25.2 Å². The highest BCUT2D eigenvalue weighted by atomic mass is 14.8. The van der Waals surface area contributed by atoms with Crippen LogP contribution in [-0.2, 0) is 0 Å². The largest absolute Gasteiger partial charge is 0.384 e. The summed E-state index contributed by atoms with van der Waals surface area (Å²) in [7, 11) is 0. The van der Waals surface area contributed by atoms with Crippen molar-refractivity contribution >= 4 is 5.84 Å². The van der Waals surface area contributed by atoms with Gasteiger partial charge in [0.05, 0.1) is 6.54 Å². The van der Waals surface area contributed by atoms with E-state index in [9.17, 15) is 0 Å². The third-order valence-corrected chi connectivity index (χ3v) is 1.75. The first kappa shape index (κ1) is 11.0. The van der Waals surface area contributed by atoms with Crippen molar-refractivity contribution in [2.45, 2.75) is 27.2 Å². The van der Waals surface area contributed by atoms with Crippen LogP contribution in [0.2, 0.25) is 0 Å². The fourth-order valence-corrected chi connectivity index (χ4v) is 0.729. The number of allylic oxidation sites excluding steroid dienone is 1. The summed E-state index contributed by atoms with van der Waals surface area (Å²) in [5.41, 5.74) is 7.74. The molecule has 0 aromatic heterocycles. The van der Waals surface area contributed by atoms with E-state index in [4.69, 9.17) is 5.73 Å². The van der Waals surface area contributed by atoms with Crippen molar-refractivity contribution in [3.63, 3.8) is 0 Å². The number of nitrogens with zero attached hydrogens (tertiary/aromatic N) is 1. The van der Waals surface area contributed by atoms with Crippen molar-refractivity contribution in [3.8, 4) is 0 Å². The molecule has 0 rings (SSSR count). The van der Waals surface area contributed by atoms with Crippen molar-refractivity contribution in [3.05, 3.63) is 23.8 Å². The minimum atomic E-state index is 0.558. The molecule has 0 radical (unpaired) electrons. The molecular weight excluding hydrogens is 148 g/mol. The van der Waals surface area contributed by atoms with Gasteiger partial charge in [-0.3, -0.25) is 4.99 Å². The predicted molar refractivity (Wildman–Crippen MR) is 55.4 cm³/mol. The molecule has 0 aliphatic rings. The highest BCUT2D eigenvalue weighted by Gasteiger charge is 1.93. The van der Waals surface area contributed by atoms with Gasteiger partial charge in [0.15, 0.2) is 0 Å². The molecule has 0 heterocycles. The van der Waals surface area contributed by atoms with Gasteiger partial charge in [-0.2, -0.15) is 0 Å². The van der Waals surface area contributed by atoms with Crippen LogP contribution in [-0.4, -0.2) is 12.4 Å². The maximum Gasteiger partial charge on any atom is 0.120 e. The molecule has 0 atom stereocenters. The van der Waals surface area contributed by atoms with Gasteiger partial charge in [0.1, 0.15) is 5.84 Å². The maximum absolute atomic E-state index is 5.60. The third kappa shape index (κ3) is 3.96. The highest BCUT2D eigenvalue weighted by Crippen LogP contribution is 2.00. The first-order chi connectivity index (χ1) is 5.61. The quantitative estimate of drug-likeness (QED) is 0.388. The van der Waals surface area contributed by atoms with Crippen molar-refractivity contribution in [2.75, 3.05) is 6.54 Å². The molecular formula is C10H18N2. The van der Waals surface area contributed by atoms with Crippen LogP contribution in [0.15, 0.2) is 28.8 Å². The van der Waals surface area contributed by atoms with Crippen molar-refractivity contribution in [1.29, 1.82) is 0 Å². The second kappa shape index (κ2) is 5.58. The van der Waals surface area contributed by atoms with Gasteiger partial charge >= 0.3 is 0 Å². The standard InChI is InChI=1S/C10H18N2/c1-5-9(6-2)7-12-10(11)8(3)4/h5H,3,6-7H2,1-2,4H3,(H2,11,12)/b9-5-. The summed E-state index contributed by atoms with van der Waals surface area (Å²) in [6, 6.07) is 0. The molecule has 0 aliphatic carbocycles. The Kier molecular flexibility index (Phi) is 5.09. The number of hydrogen-bond acceptors (Lipinski definition) is 1. The molecule has 12 heavy (non-hydrogen) atoms. The van der Waals surface area contributed by atoms with Gasteiger partial charge in [-0.05, 0) is 25.8 Å². The summed E-state index contributed by atoms with van der Waals surface area (Å²) in [5, 5.41) is 0. The van der Waals surface area contributed by atoms with E-state index in [1.165, 1.54) is 5.57 Å². The van der Waals surface area contributed by atoms with Gasteiger partial charge in [0.25, 0.3) is 0 Å². The van der Waals surface area contributed by atoms with Crippen molar-refractivity contribution in [2.24, 2.45) is 10.7 Å². The molecule has 0 saturated heterocycles. The number of rotatable bonds is 4. The lowest BCUT2D eigenvalue weighted by Gasteiger charge is -2.01. The average Bonchev–Trinajstić information content (AvgIpc) is 2.05. The summed E-state index contributed by atoms with van der Waals surface area (Å²) in [6.07, 6.45) is 3.11. The molecule has 2 nitrogen and oxygen atoms in total. The van der Waals surface area contributed by atoms with E-state index < -0.39 is 0 Å². The molecule has 0 amide bonds. The lowest BCUT2D eigenvalue weighted by atomic mass is 10.2. The van der Waals surface area contributed by atoms with Crippen molar-refractivity contribution < 1.29 is 0 Å². The van der Waals surface area contributed by atoms with Gasteiger partial charge in [-0.15, -0.1) is 0 Å². The van der Waals surface area contributed by atoms with Crippen LogP contribution in [0, 0.1) is 0 Å². The number of hydrogen-bond donors (Lipinski definition) is 1. The number of aliphatic imine (C=N–C) groups is 1. The molecule has 0 aromatic rings. The molecule has 0 bridgehead atoms. The Morgan fingerprint density at radius 3 is 2.50 bits per heavy atom. The van der Waals surface area contributed by atoms with Gasteiger partial charge in [0.2, 0.25) is 0 Å². The molecule has 0 spiro atoms. The van der Waals surface area contributed by atoms with E-state index in [0.717, 1.165) is 12.0 Å². The normalized spacial score (nSPS) is 13.2. The van der Waals surface area contributed by atoms with E-state index in [-0.39, 0.29) is 0 Å². The van der Waals surface area contributed by atoms with Crippen molar-refractivity contribution in [1.82, 2.24) is 0 Å². The van der Waals surface area contributed by atoms with E-state index in [1.54, 1.807) is 0 Å². The molecule has 0 fully saturated rings. The van der Waals surface area contributed by atoms with E-state index >= 15 is 0 Å². The Labute approximate surface area is 74.9 Å². The highest BCUT2D eigenvalue weighted by molar-refractivity contribution is 5.95. The topological polar surface area (TPSA) is 38.4 Å². The first-order valence-corrected chi connectivity index (χ1v) is 4.21. The summed E-state index contributed by atoms with van der Waals surface area (Å²) in [5.74, 6) is 0.558. The monoisotopic (exact) mass is 166 g/mol. The minimum absolute atomic E-state index is 0.558. The Hall–Kier alpha value is -1.05. The van der Waals surface area contributed by atoms with Crippen LogP contribution in [0.4, 0.5) is 0 Å². The van der Waals surface area contributed by atoms with Crippen LogP contribution in [0.5, 0.6) is 0 Å². The Morgan fingerprint density at radius 2 is 2.17 bits per heavy atom. The molecule has 2 N–H and O–H groups in total. The molecule has 0 aromatic carbocycles. The summed E-state index contributed by atoms with van der Waals surface area (Å²) < 4.78 is 0. The van der Waals surface area contributed by atoms with Gasteiger partial charge in [0, 0.05) is 0 Å². The Morgan fingerprint density at radius 1 is 1.58 bits per heavy atom. The molecule has 68 valence electrons. The first-order valence-electron chi connectivity index (χ1n) is 4.21. The van der Waals surface area contributed by atoms with Gasteiger partial charge in [-0.25, -0.2) is 0 Å². The van der Waals surface area contributed by atoms with E-state index in [1.807, 2.05) is 13.8 Å². The van der Waals surface area contributed by atoms with Crippen LogP contribution in [0.25, 0.3) is 0 Å². The number of nitrogens with two attached hydrogens (primary N) is 1. The summed E-state index contributed by atoms with van der Waals surface area (Å²) in [6.45, 7) is 10.4. The predicted octanol–water partition coefficient (Wildman–Crippen LogP) is 2.28. The molecule has 0 aliphatic heterocycles. The van der Waals surface area contributed by atoms with Crippen LogP contribution >= 0.6 is 0 Å². The average molecular weight is 166 g/mol. The smallest absolute Gasteiger partial charge is 0.120 e.